The van der Waals surface area contributed by atoms with Crippen LogP contribution in [0.3, 0.4) is 0 Å². The summed E-state index contributed by atoms with van der Waals surface area (Å²) in [7, 11) is -2.47. The number of allylic oxidation sites excluding steroid dienone is 1. The first-order valence-corrected chi connectivity index (χ1v) is 8.86. The molecule has 1 heterocycles. The number of H-pyrrole nitrogens is 1. The third kappa shape index (κ3) is 3.49. The maximum Gasteiger partial charge on any atom is 0.272 e. The highest BCUT2D eigenvalue weighted by Crippen LogP contribution is 2.23. The molecule has 0 amide bonds. The number of benzene rings is 2. The van der Waals surface area contributed by atoms with Crippen LogP contribution in [-0.4, -0.2) is 20.5 Å². The molecule has 0 fully saturated rings. The highest BCUT2D eigenvalue weighted by atomic mass is 32.2. The molecule has 1 aromatic heterocycles. The SMILES string of the molecule is COc1ccc(NS(=O)(=O)/C(C#N)=C\c2c[nH]c3ccccc23)cc1. The van der Waals surface area contributed by atoms with E-state index in [1.54, 1.807) is 36.5 Å². The van der Waals surface area contributed by atoms with Gasteiger partial charge >= 0.3 is 0 Å². The van der Waals surface area contributed by atoms with E-state index >= 15 is 0 Å². The first-order chi connectivity index (χ1) is 12.0. The number of hydrogen-bond donors (Lipinski definition) is 2. The minimum Gasteiger partial charge on any atom is -0.497 e. The molecule has 6 nitrogen and oxygen atoms in total. The van der Waals surface area contributed by atoms with Crippen LogP contribution in [0.25, 0.3) is 17.0 Å². The third-order valence-corrected chi connectivity index (χ3v) is 4.94. The number of rotatable bonds is 5. The molecule has 2 aromatic carbocycles. The molecular weight excluding hydrogens is 338 g/mol. The Morgan fingerprint density at radius 1 is 1.20 bits per heavy atom. The predicted octanol–water partition coefficient (Wildman–Crippen LogP) is 3.48. The summed E-state index contributed by atoms with van der Waals surface area (Å²) in [5, 5.41) is 10.2. The first-order valence-electron chi connectivity index (χ1n) is 7.38. The van der Waals surface area contributed by atoms with E-state index in [4.69, 9.17) is 4.74 Å². The molecule has 0 spiro atoms. The van der Waals surface area contributed by atoms with Gasteiger partial charge in [-0.2, -0.15) is 5.26 Å². The third-order valence-electron chi connectivity index (χ3n) is 3.65. The number of fused-ring (bicyclic) bond motifs is 1. The van der Waals surface area contributed by atoms with Crippen LogP contribution in [0.5, 0.6) is 5.75 Å². The van der Waals surface area contributed by atoms with Crippen molar-refractivity contribution in [3.63, 3.8) is 0 Å². The van der Waals surface area contributed by atoms with Crippen molar-refractivity contribution in [1.82, 2.24) is 4.98 Å². The average molecular weight is 353 g/mol. The lowest BCUT2D eigenvalue weighted by molar-refractivity contribution is 0.415. The fourth-order valence-corrected chi connectivity index (χ4v) is 3.35. The van der Waals surface area contributed by atoms with E-state index in [1.165, 1.54) is 13.2 Å². The summed E-state index contributed by atoms with van der Waals surface area (Å²) in [5.41, 5.74) is 1.85. The number of methoxy groups -OCH3 is 1. The Morgan fingerprint density at radius 2 is 1.92 bits per heavy atom. The molecule has 3 rings (SSSR count). The van der Waals surface area contributed by atoms with Gasteiger partial charge in [0.1, 0.15) is 11.8 Å². The lowest BCUT2D eigenvalue weighted by Crippen LogP contribution is -2.14. The highest BCUT2D eigenvalue weighted by molar-refractivity contribution is 7.96. The van der Waals surface area contributed by atoms with Crippen LogP contribution >= 0.6 is 0 Å². The Balaban J connectivity index is 1.94. The second kappa shape index (κ2) is 6.71. The van der Waals surface area contributed by atoms with Gasteiger partial charge < -0.3 is 9.72 Å². The molecule has 0 saturated heterocycles. The average Bonchev–Trinajstić information content (AvgIpc) is 3.03. The summed E-state index contributed by atoms with van der Waals surface area (Å²) in [6, 6.07) is 15.6. The Hall–Kier alpha value is -3.24. The second-order valence-electron chi connectivity index (χ2n) is 5.24. The van der Waals surface area contributed by atoms with Gasteiger partial charge in [0.15, 0.2) is 4.91 Å². The van der Waals surface area contributed by atoms with Gasteiger partial charge in [-0.05, 0) is 36.4 Å². The molecule has 0 radical (unpaired) electrons. The number of aromatic nitrogens is 1. The monoisotopic (exact) mass is 353 g/mol. The fourth-order valence-electron chi connectivity index (χ4n) is 2.39. The van der Waals surface area contributed by atoms with Crippen molar-refractivity contribution in [2.24, 2.45) is 0 Å². The summed E-state index contributed by atoms with van der Waals surface area (Å²) < 4.78 is 32.4. The molecule has 7 heteroatoms. The van der Waals surface area contributed by atoms with Gasteiger partial charge in [0, 0.05) is 28.4 Å². The van der Waals surface area contributed by atoms with E-state index in [1.807, 2.05) is 24.3 Å². The zero-order valence-corrected chi connectivity index (χ0v) is 14.2. The van der Waals surface area contributed by atoms with Gasteiger partial charge in [0.25, 0.3) is 10.0 Å². The second-order valence-corrected chi connectivity index (χ2v) is 6.89. The van der Waals surface area contributed by atoms with E-state index in [2.05, 4.69) is 9.71 Å². The molecule has 0 aliphatic heterocycles. The van der Waals surface area contributed by atoms with E-state index < -0.39 is 10.0 Å². The first kappa shape index (κ1) is 16.6. The fraction of sp³-hybridized carbons (Fsp3) is 0.0556. The zero-order chi connectivity index (χ0) is 17.9. The number of sulfonamides is 1. The molecular formula is C18H15N3O3S. The van der Waals surface area contributed by atoms with Gasteiger partial charge in [-0.3, -0.25) is 4.72 Å². The molecule has 126 valence electrons. The van der Waals surface area contributed by atoms with Crippen molar-refractivity contribution >= 4 is 32.7 Å². The molecule has 2 N–H and O–H groups in total. The number of nitrogens with one attached hydrogen (secondary N) is 2. The van der Waals surface area contributed by atoms with E-state index in [9.17, 15) is 13.7 Å². The van der Waals surface area contributed by atoms with Crippen molar-refractivity contribution in [2.75, 3.05) is 11.8 Å². The minimum atomic E-state index is -3.99. The van der Waals surface area contributed by atoms with Crippen LogP contribution in [0.4, 0.5) is 5.69 Å². The molecule has 25 heavy (non-hydrogen) atoms. The summed E-state index contributed by atoms with van der Waals surface area (Å²) in [4.78, 5) is 2.68. The normalized spacial score (nSPS) is 11.9. The van der Waals surface area contributed by atoms with Gasteiger partial charge in [-0.25, -0.2) is 8.42 Å². The predicted molar refractivity (Wildman–Crippen MR) is 97.4 cm³/mol. The summed E-state index contributed by atoms with van der Waals surface area (Å²) in [6.07, 6.45) is 3.02. The number of nitriles is 1. The molecule has 0 aliphatic carbocycles. The van der Waals surface area contributed by atoms with Crippen LogP contribution in [0.2, 0.25) is 0 Å². The van der Waals surface area contributed by atoms with Gasteiger partial charge in [-0.1, -0.05) is 18.2 Å². The summed E-state index contributed by atoms with van der Waals surface area (Å²) in [5.74, 6) is 0.609. The number of anilines is 1. The minimum absolute atomic E-state index is 0.348. The van der Waals surface area contributed by atoms with Gasteiger partial charge in [-0.15, -0.1) is 0 Å². The number of hydrogen-bond acceptors (Lipinski definition) is 4. The highest BCUT2D eigenvalue weighted by Gasteiger charge is 2.18. The lowest BCUT2D eigenvalue weighted by atomic mass is 10.1. The topological polar surface area (TPSA) is 95.0 Å². The van der Waals surface area contributed by atoms with E-state index in [0.29, 0.717) is 17.0 Å². The van der Waals surface area contributed by atoms with E-state index in [-0.39, 0.29) is 4.91 Å². The molecule has 0 saturated carbocycles. The van der Waals surface area contributed by atoms with Crippen LogP contribution in [0.15, 0.2) is 59.6 Å². The van der Waals surface area contributed by atoms with Crippen molar-refractivity contribution < 1.29 is 13.2 Å². The van der Waals surface area contributed by atoms with Crippen molar-refractivity contribution in [3.05, 3.63) is 65.2 Å². The Bertz CT molecular complexity index is 1070. The molecule has 3 aromatic rings. The van der Waals surface area contributed by atoms with Crippen LogP contribution in [0, 0.1) is 11.3 Å². The molecule has 0 aliphatic rings. The van der Waals surface area contributed by atoms with E-state index in [0.717, 1.165) is 10.9 Å². The molecule has 0 unspecified atom stereocenters. The maximum atomic E-state index is 12.5. The number of aromatic amines is 1. The smallest absolute Gasteiger partial charge is 0.272 e. The van der Waals surface area contributed by atoms with Gasteiger partial charge in [0.05, 0.1) is 7.11 Å². The molecule has 0 bridgehead atoms. The number of para-hydroxylation sites is 1. The standard InChI is InChI=1S/C18H15N3O3S/c1-24-15-8-6-14(7-9-15)21-25(22,23)16(11-19)10-13-12-20-18-5-3-2-4-17(13)18/h2-10,12,20-21H,1H3/b16-10-. The number of ether oxygens (including phenoxy) is 1. The van der Waals surface area contributed by atoms with Gasteiger partial charge in [0.2, 0.25) is 0 Å². The zero-order valence-electron chi connectivity index (χ0n) is 13.4. The van der Waals surface area contributed by atoms with Crippen LogP contribution in [-0.2, 0) is 10.0 Å². The van der Waals surface area contributed by atoms with Crippen molar-refractivity contribution in [1.29, 1.82) is 5.26 Å². The Kier molecular flexibility index (Phi) is 4.46. The maximum absolute atomic E-state index is 12.5. The Labute approximate surface area is 145 Å². The van der Waals surface area contributed by atoms with Crippen molar-refractivity contribution in [3.8, 4) is 11.8 Å². The van der Waals surface area contributed by atoms with Crippen LogP contribution in [0.1, 0.15) is 5.56 Å². The number of nitrogens with zero attached hydrogens (tertiary/aromatic N) is 1. The lowest BCUT2D eigenvalue weighted by Gasteiger charge is -2.07. The van der Waals surface area contributed by atoms with Crippen LogP contribution < -0.4 is 9.46 Å². The Morgan fingerprint density at radius 3 is 2.60 bits per heavy atom. The summed E-state index contributed by atoms with van der Waals surface area (Å²) in [6.45, 7) is 0. The largest absolute Gasteiger partial charge is 0.497 e. The quantitative estimate of drug-likeness (QED) is 0.687. The summed E-state index contributed by atoms with van der Waals surface area (Å²) >= 11 is 0. The molecule has 0 atom stereocenters. The van der Waals surface area contributed by atoms with Crippen molar-refractivity contribution in [2.45, 2.75) is 0 Å².